The molecule has 0 aliphatic carbocycles. The molecule has 0 aliphatic heterocycles. The van der Waals surface area contributed by atoms with Gasteiger partial charge in [0.25, 0.3) is 0 Å². The maximum absolute atomic E-state index is 6.00. The summed E-state index contributed by atoms with van der Waals surface area (Å²) in [5, 5.41) is 8.68. The van der Waals surface area contributed by atoms with Gasteiger partial charge < -0.3 is 5.32 Å². The van der Waals surface area contributed by atoms with Crippen molar-refractivity contribution in [2.24, 2.45) is 0 Å². The van der Waals surface area contributed by atoms with Gasteiger partial charge in [-0.25, -0.2) is 0 Å². The SMILES string of the molecule is CNC(Cc1ccn(C(C)C)n1)c1ccc(Cl)cc1Br. The van der Waals surface area contributed by atoms with E-state index in [2.05, 4.69) is 46.3 Å². The topological polar surface area (TPSA) is 29.9 Å². The fourth-order valence-corrected chi connectivity index (χ4v) is 3.09. The van der Waals surface area contributed by atoms with Gasteiger partial charge in [-0.15, -0.1) is 0 Å². The van der Waals surface area contributed by atoms with Gasteiger partial charge in [0, 0.05) is 34.2 Å². The van der Waals surface area contributed by atoms with E-state index < -0.39 is 0 Å². The molecule has 5 heteroatoms. The first-order chi connectivity index (χ1) is 9.51. The average Bonchev–Trinajstić information content (AvgIpc) is 2.85. The highest BCUT2D eigenvalue weighted by Crippen LogP contribution is 2.28. The molecule has 1 unspecified atom stereocenters. The standard InChI is InChI=1S/C15H19BrClN3/c1-10(2)20-7-6-12(19-20)9-15(18-3)13-5-4-11(17)8-14(13)16/h4-8,10,15,18H,9H2,1-3H3. The Morgan fingerprint density at radius 2 is 2.10 bits per heavy atom. The van der Waals surface area contributed by atoms with Crippen LogP contribution >= 0.6 is 27.5 Å². The zero-order valence-corrected chi connectivity index (χ0v) is 14.2. The van der Waals surface area contributed by atoms with E-state index >= 15 is 0 Å². The predicted molar refractivity (Wildman–Crippen MR) is 87.3 cm³/mol. The third-order valence-electron chi connectivity index (χ3n) is 3.29. The number of nitrogens with one attached hydrogen (secondary N) is 1. The van der Waals surface area contributed by atoms with Crippen LogP contribution in [0.2, 0.25) is 5.02 Å². The van der Waals surface area contributed by atoms with Crippen LogP contribution in [0.1, 0.15) is 37.2 Å². The van der Waals surface area contributed by atoms with Crippen LogP contribution in [0.5, 0.6) is 0 Å². The highest BCUT2D eigenvalue weighted by atomic mass is 79.9. The fraction of sp³-hybridized carbons (Fsp3) is 0.400. The summed E-state index contributed by atoms with van der Waals surface area (Å²) in [6.07, 6.45) is 2.88. The van der Waals surface area contributed by atoms with Gasteiger partial charge in [-0.05, 0) is 44.7 Å². The molecule has 2 aromatic rings. The Bertz CT molecular complexity index is 580. The van der Waals surface area contributed by atoms with Crippen LogP contribution in [0.4, 0.5) is 0 Å². The summed E-state index contributed by atoms with van der Waals surface area (Å²) in [5.74, 6) is 0. The quantitative estimate of drug-likeness (QED) is 0.861. The van der Waals surface area contributed by atoms with E-state index in [0.29, 0.717) is 6.04 Å². The van der Waals surface area contributed by atoms with E-state index in [4.69, 9.17) is 11.6 Å². The zero-order valence-electron chi connectivity index (χ0n) is 11.9. The number of likely N-dealkylation sites (N-methyl/N-ethyl adjacent to an activating group) is 1. The first kappa shape index (κ1) is 15.5. The molecule has 108 valence electrons. The van der Waals surface area contributed by atoms with Crippen LogP contribution < -0.4 is 5.32 Å². The minimum atomic E-state index is 0.206. The summed E-state index contributed by atoms with van der Waals surface area (Å²) in [5.41, 5.74) is 2.27. The van der Waals surface area contributed by atoms with E-state index in [1.165, 1.54) is 5.56 Å². The molecule has 0 spiro atoms. The van der Waals surface area contributed by atoms with Crippen molar-refractivity contribution in [2.45, 2.75) is 32.4 Å². The molecule has 1 atom stereocenters. The molecule has 20 heavy (non-hydrogen) atoms. The molecular formula is C15H19BrClN3. The first-order valence-electron chi connectivity index (χ1n) is 6.67. The van der Waals surface area contributed by atoms with Crippen LogP contribution in [-0.4, -0.2) is 16.8 Å². The van der Waals surface area contributed by atoms with Gasteiger partial charge in [0.1, 0.15) is 0 Å². The lowest BCUT2D eigenvalue weighted by molar-refractivity contribution is 0.514. The van der Waals surface area contributed by atoms with Crippen molar-refractivity contribution in [1.29, 1.82) is 0 Å². The second-order valence-corrected chi connectivity index (χ2v) is 6.38. The Morgan fingerprint density at radius 3 is 2.65 bits per heavy atom. The molecule has 0 fully saturated rings. The summed E-state index contributed by atoms with van der Waals surface area (Å²) in [6, 6.07) is 8.56. The molecule has 3 nitrogen and oxygen atoms in total. The maximum atomic E-state index is 6.00. The molecule has 0 saturated carbocycles. The van der Waals surface area contributed by atoms with Crippen molar-refractivity contribution in [3.8, 4) is 0 Å². The second kappa shape index (κ2) is 6.74. The third kappa shape index (κ3) is 3.62. The number of rotatable bonds is 5. The van der Waals surface area contributed by atoms with E-state index in [-0.39, 0.29) is 6.04 Å². The first-order valence-corrected chi connectivity index (χ1v) is 7.84. The summed E-state index contributed by atoms with van der Waals surface area (Å²) in [7, 11) is 1.96. The van der Waals surface area contributed by atoms with Crippen molar-refractivity contribution < 1.29 is 0 Å². The average molecular weight is 357 g/mol. The van der Waals surface area contributed by atoms with Gasteiger partial charge in [-0.3, -0.25) is 4.68 Å². The van der Waals surface area contributed by atoms with Crippen LogP contribution in [0.15, 0.2) is 34.9 Å². The lowest BCUT2D eigenvalue weighted by Crippen LogP contribution is -2.19. The minimum Gasteiger partial charge on any atom is -0.313 e. The van der Waals surface area contributed by atoms with Crippen LogP contribution in [0.3, 0.4) is 0 Å². The Hall–Kier alpha value is -0.840. The van der Waals surface area contributed by atoms with Crippen molar-refractivity contribution in [1.82, 2.24) is 15.1 Å². The fourth-order valence-electron chi connectivity index (χ4n) is 2.13. The summed E-state index contributed by atoms with van der Waals surface area (Å²) in [4.78, 5) is 0. The molecule has 2 rings (SSSR count). The van der Waals surface area contributed by atoms with Crippen LogP contribution in [0.25, 0.3) is 0 Å². The smallest absolute Gasteiger partial charge is 0.0643 e. The van der Waals surface area contributed by atoms with Gasteiger partial charge in [0.15, 0.2) is 0 Å². The number of nitrogens with zero attached hydrogens (tertiary/aromatic N) is 2. The number of halogens is 2. The van der Waals surface area contributed by atoms with Crippen LogP contribution in [-0.2, 0) is 6.42 Å². The highest BCUT2D eigenvalue weighted by molar-refractivity contribution is 9.10. The van der Waals surface area contributed by atoms with E-state index in [0.717, 1.165) is 21.6 Å². The molecule has 1 heterocycles. The van der Waals surface area contributed by atoms with E-state index in [9.17, 15) is 0 Å². The Balaban J connectivity index is 2.19. The van der Waals surface area contributed by atoms with Crippen LogP contribution in [0, 0.1) is 0 Å². The number of aromatic nitrogens is 2. The molecule has 1 aromatic carbocycles. The van der Waals surface area contributed by atoms with Crippen molar-refractivity contribution in [2.75, 3.05) is 7.05 Å². The Morgan fingerprint density at radius 1 is 1.35 bits per heavy atom. The molecule has 1 N–H and O–H groups in total. The molecular weight excluding hydrogens is 338 g/mol. The van der Waals surface area contributed by atoms with Gasteiger partial charge in [0.2, 0.25) is 0 Å². The molecule has 0 radical (unpaired) electrons. The Kier molecular flexibility index (Phi) is 5.24. The van der Waals surface area contributed by atoms with Crippen molar-refractivity contribution in [3.63, 3.8) is 0 Å². The monoisotopic (exact) mass is 355 g/mol. The minimum absolute atomic E-state index is 0.206. The molecule has 1 aromatic heterocycles. The van der Waals surface area contributed by atoms with Crippen molar-refractivity contribution >= 4 is 27.5 Å². The van der Waals surface area contributed by atoms with Gasteiger partial charge in [-0.2, -0.15) is 5.10 Å². The van der Waals surface area contributed by atoms with Gasteiger partial charge in [-0.1, -0.05) is 33.6 Å². The maximum Gasteiger partial charge on any atom is 0.0643 e. The molecule has 0 bridgehead atoms. The molecule has 0 amide bonds. The molecule has 0 saturated heterocycles. The predicted octanol–water partition coefficient (Wildman–Crippen LogP) is 4.38. The largest absolute Gasteiger partial charge is 0.313 e. The lowest BCUT2D eigenvalue weighted by Gasteiger charge is -2.17. The van der Waals surface area contributed by atoms with Gasteiger partial charge in [0.05, 0.1) is 5.69 Å². The van der Waals surface area contributed by atoms with Crippen molar-refractivity contribution in [3.05, 3.63) is 51.2 Å². The number of hydrogen-bond donors (Lipinski definition) is 1. The Labute approximate surface area is 133 Å². The number of benzene rings is 1. The molecule has 0 aliphatic rings. The van der Waals surface area contributed by atoms with E-state index in [1.807, 2.05) is 36.1 Å². The third-order valence-corrected chi connectivity index (χ3v) is 4.21. The summed E-state index contributed by atoms with van der Waals surface area (Å²) in [6.45, 7) is 4.25. The normalized spacial score (nSPS) is 12.9. The number of hydrogen-bond acceptors (Lipinski definition) is 2. The highest BCUT2D eigenvalue weighted by Gasteiger charge is 2.15. The lowest BCUT2D eigenvalue weighted by atomic mass is 10.0. The summed E-state index contributed by atoms with van der Waals surface area (Å²) >= 11 is 9.58. The zero-order chi connectivity index (χ0) is 14.7. The van der Waals surface area contributed by atoms with E-state index in [1.54, 1.807) is 0 Å². The second-order valence-electron chi connectivity index (χ2n) is 5.09. The summed E-state index contributed by atoms with van der Waals surface area (Å²) < 4.78 is 3.01. The van der Waals surface area contributed by atoms with Gasteiger partial charge >= 0.3 is 0 Å².